The lowest BCUT2D eigenvalue weighted by Crippen LogP contribution is -2.52. The summed E-state index contributed by atoms with van der Waals surface area (Å²) in [5.74, 6) is -0.108. The highest BCUT2D eigenvalue weighted by atomic mass is 19.1. The summed E-state index contributed by atoms with van der Waals surface area (Å²) in [6.45, 7) is 6.92. The van der Waals surface area contributed by atoms with Crippen molar-refractivity contribution < 1.29 is 14.0 Å². The Morgan fingerprint density at radius 3 is 2.28 bits per heavy atom. The van der Waals surface area contributed by atoms with E-state index in [2.05, 4.69) is 58.1 Å². The highest BCUT2D eigenvalue weighted by Gasteiger charge is 2.42. The van der Waals surface area contributed by atoms with E-state index in [1.807, 2.05) is 43.3 Å². The molecule has 0 bridgehead atoms. The molecule has 8 heteroatoms. The van der Waals surface area contributed by atoms with Crippen molar-refractivity contribution in [3.8, 4) is 0 Å². The molecule has 3 aromatic carbocycles. The van der Waals surface area contributed by atoms with Crippen LogP contribution in [0.15, 0.2) is 84.1 Å². The van der Waals surface area contributed by atoms with Gasteiger partial charge in [0, 0.05) is 69.3 Å². The number of nitrogens with one attached hydrogen (secondary N) is 1. The molecule has 3 aliphatic rings. The first-order valence-corrected chi connectivity index (χ1v) is 15.0. The van der Waals surface area contributed by atoms with E-state index in [0.717, 1.165) is 46.0 Å². The summed E-state index contributed by atoms with van der Waals surface area (Å²) in [6.07, 6.45) is 1.21. The van der Waals surface area contributed by atoms with Crippen LogP contribution in [0.1, 0.15) is 38.3 Å². The van der Waals surface area contributed by atoms with Gasteiger partial charge in [0.25, 0.3) is 0 Å². The number of nitrogens with zero attached hydrogens (tertiary/aromatic N) is 4. The number of allylic oxidation sites excluding steroid dienone is 1. The number of Topliss-reactive ketones (excluding diaryl/α,β-unsaturated/α-hetero) is 1. The molecule has 43 heavy (non-hydrogen) atoms. The van der Waals surface area contributed by atoms with Crippen LogP contribution in [0, 0.1) is 11.2 Å². The third-order valence-electron chi connectivity index (χ3n) is 8.86. The summed E-state index contributed by atoms with van der Waals surface area (Å²) in [6, 6.07) is 22.5. The first-order chi connectivity index (χ1) is 20.6. The quantitative estimate of drug-likeness (QED) is 0.408. The number of carbonyl (C=O) groups excluding carboxylic acids is 2. The van der Waals surface area contributed by atoms with Crippen molar-refractivity contribution in [2.75, 3.05) is 66.8 Å². The van der Waals surface area contributed by atoms with E-state index in [1.54, 1.807) is 12.1 Å². The second-order valence-electron chi connectivity index (χ2n) is 12.8. The maximum absolute atomic E-state index is 14.0. The van der Waals surface area contributed by atoms with Gasteiger partial charge >= 0.3 is 0 Å². The second-order valence-corrected chi connectivity index (χ2v) is 12.8. The molecular formula is C35H40FN5O2. The SMILES string of the molecule is CN(C)c1ccc(C2C3=C(CC(C)(C)CC3=O)Nc3ccccc3N2CC(=O)N2CCN(c3ccc(F)cc3)CC2)cc1. The van der Waals surface area contributed by atoms with Crippen LogP contribution in [-0.4, -0.2) is 63.4 Å². The van der Waals surface area contributed by atoms with E-state index in [-0.39, 0.29) is 29.5 Å². The van der Waals surface area contributed by atoms with Crippen molar-refractivity contribution in [2.24, 2.45) is 5.41 Å². The molecule has 1 aliphatic carbocycles. The summed E-state index contributed by atoms with van der Waals surface area (Å²) in [5, 5.41) is 3.64. The van der Waals surface area contributed by atoms with Crippen LogP contribution in [-0.2, 0) is 9.59 Å². The molecule has 1 amide bonds. The van der Waals surface area contributed by atoms with Crippen molar-refractivity contribution in [1.29, 1.82) is 0 Å². The topological polar surface area (TPSA) is 59.1 Å². The largest absolute Gasteiger partial charge is 0.378 e. The average molecular weight is 582 g/mol. The summed E-state index contributed by atoms with van der Waals surface area (Å²) in [7, 11) is 4.02. The molecule has 6 rings (SSSR count). The maximum Gasteiger partial charge on any atom is 0.242 e. The number of hydrogen-bond donors (Lipinski definition) is 1. The minimum Gasteiger partial charge on any atom is -0.378 e. The van der Waals surface area contributed by atoms with E-state index in [1.165, 1.54) is 12.1 Å². The van der Waals surface area contributed by atoms with E-state index >= 15 is 0 Å². The standard InChI is InChI=1S/C35H40FN5O2/c1-35(2)21-29-33(31(42)22-35)34(24-9-13-26(14-10-24)38(3)4)41(30-8-6-5-7-28(30)37-29)23-32(43)40-19-17-39(18-20-40)27-15-11-25(36)12-16-27/h5-16,34,37H,17-23H2,1-4H3. The van der Waals surface area contributed by atoms with Gasteiger partial charge in [-0.3, -0.25) is 9.59 Å². The van der Waals surface area contributed by atoms with Gasteiger partial charge in [0.1, 0.15) is 5.82 Å². The molecule has 3 aromatic rings. The maximum atomic E-state index is 14.0. The van der Waals surface area contributed by atoms with Gasteiger partial charge in [0.05, 0.1) is 24.0 Å². The zero-order valence-corrected chi connectivity index (χ0v) is 25.4. The molecule has 0 radical (unpaired) electrons. The molecule has 0 spiro atoms. The fourth-order valence-electron chi connectivity index (χ4n) is 6.64. The summed E-state index contributed by atoms with van der Waals surface area (Å²) < 4.78 is 13.4. The number of amides is 1. The van der Waals surface area contributed by atoms with Crippen LogP contribution >= 0.6 is 0 Å². The second kappa shape index (κ2) is 11.4. The van der Waals surface area contributed by atoms with Gasteiger partial charge in [0.2, 0.25) is 5.91 Å². The average Bonchev–Trinajstić information content (AvgIpc) is 3.11. The summed E-state index contributed by atoms with van der Waals surface area (Å²) in [4.78, 5) is 36.3. The van der Waals surface area contributed by atoms with Crippen molar-refractivity contribution in [1.82, 2.24) is 4.90 Å². The molecule has 0 saturated carbocycles. The minimum atomic E-state index is -0.407. The zero-order valence-electron chi connectivity index (χ0n) is 25.4. The Kier molecular flexibility index (Phi) is 7.63. The number of benzene rings is 3. The van der Waals surface area contributed by atoms with Crippen molar-refractivity contribution >= 4 is 34.4 Å². The number of rotatable bonds is 5. The fraction of sp³-hybridized carbons (Fsp3) is 0.371. The van der Waals surface area contributed by atoms with E-state index in [9.17, 15) is 14.0 Å². The number of halogens is 1. The summed E-state index contributed by atoms with van der Waals surface area (Å²) in [5.41, 5.74) is 6.36. The van der Waals surface area contributed by atoms with Gasteiger partial charge in [0.15, 0.2) is 5.78 Å². The zero-order chi connectivity index (χ0) is 30.3. The van der Waals surface area contributed by atoms with Crippen molar-refractivity contribution in [3.63, 3.8) is 0 Å². The van der Waals surface area contributed by atoms with Crippen LogP contribution in [0.5, 0.6) is 0 Å². The number of piperazine rings is 1. The van der Waals surface area contributed by atoms with E-state index in [0.29, 0.717) is 32.6 Å². The van der Waals surface area contributed by atoms with Gasteiger partial charge < -0.3 is 24.9 Å². The molecule has 1 fully saturated rings. The number of anilines is 4. The van der Waals surface area contributed by atoms with Crippen molar-refractivity contribution in [3.05, 3.63) is 95.4 Å². The summed E-state index contributed by atoms with van der Waals surface area (Å²) >= 11 is 0. The smallest absolute Gasteiger partial charge is 0.242 e. The van der Waals surface area contributed by atoms with Gasteiger partial charge in [-0.05, 0) is 65.9 Å². The molecule has 1 unspecified atom stereocenters. The van der Waals surface area contributed by atoms with Crippen LogP contribution < -0.4 is 20.0 Å². The van der Waals surface area contributed by atoms with Gasteiger partial charge in [-0.1, -0.05) is 38.1 Å². The molecule has 1 atom stereocenters. The van der Waals surface area contributed by atoms with Gasteiger partial charge in [-0.25, -0.2) is 4.39 Å². The van der Waals surface area contributed by atoms with Crippen LogP contribution in [0.2, 0.25) is 0 Å². The van der Waals surface area contributed by atoms with Gasteiger partial charge in [-0.15, -0.1) is 0 Å². The molecule has 7 nitrogen and oxygen atoms in total. The lowest BCUT2D eigenvalue weighted by atomic mass is 9.73. The third-order valence-corrected chi connectivity index (χ3v) is 8.86. The molecule has 0 aromatic heterocycles. The number of carbonyl (C=O) groups is 2. The van der Waals surface area contributed by atoms with E-state index in [4.69, 9.17) is 0 Å². The first kappa shape index (κ1) is 28.8. The van der Waals surface area contributed by atoms with Crippen molar-refractivity contribution in [2.45, 2.75) is 32.7 Å². The third kappa shape index (κ3) is 5.83. The Hall–Kier alpha value is -4.33. The number of ketones is 1. The van der Waals surface area contributed by atoms with E-state index < -0.39 is 6.04 Å². The van der Waals surface area contributed by atoms with Crippen LogP contribution in [0.3, 0.4) is 0 Å². The number of hydrogen-bond acceptors (Lipinski definition) is 6. The highest BCUT2D eigenvalue weighted by molar-refractivity contribution is 6.02. The van der Waals surface area contributed by atoms with Crippen LogP contribution in [0.25, 0.3) is 0 Å². The van der Waals surface area contributed by atoms with Crippen LogP contribution in [0.4, 0.5) is 27.1 Å². The predicted octanol–water partition coefficient (Wildman–Crippen LogP) is 5.86. The molecule has 2 heterocycles. The normalized spacial score (nSPS) is 19.8. The minimum absolute atomic E-state index is 0.0242. The Bertz CT molecular complexity index is 1540. The Balaban J connectivity index is 1.35. The number of fused-ring (bicyclic) bond motifs is 1. The molecule has 2 aliphatic heterocycles. The Morgan fingerprint density at radius 1 is 0.930 bits per heavy atom. The predicted molar refractivity (Wildman–Crippen MR) is 171 cm³/mol. The Labute approximate surface area is 253 Å². The Morgan fingerprint density at radius 2 is 1.60 bits per heavy atom. The first-order valence-electron chi connectivity index (χ1n) is 15.0. The molecular weight excluding hydrogens is 541 g/mol. The lowest BCUT2D eigenvalue weighted by Gasteiger charge is -2.40. The molecule has 1 N–H and O–H groups in total. The van der Waals surface area contributed by atoms with Gasteiger partial charge in [-0.2, -0.15) is 0 Å². The molecule has 1 saturated heterocycles. The lowest BCUT2D eigenvalue weighted by molar-refractivity contribution is -0.130. The monoisotopic (exact) mass is 581 g/mol. The molecule has 224 valence electrons. The fourth-order valence-corrected chi connectivity index (χ4v) is 6.64. The number of para-hydroxylation sites is 2. The highest BCUT2D eigenvalue weighted by Crippen LogP contribution is 2.48.